The number of hydrogen-bond donors (Lipinski definition) is 3. The van der Waals surface area contributed by atoms with E-state index in [-0.39, 0.29) is 23.3 Å². The van der Waals surface area contributed by atoms with Gasteiger partial charge < -0.3 is 20.3 Å². The van der Waals surface area contributed by atoms with E-state index in [1.807, 2.05) is 36.4 Å². The Hall–Kier alpha value is -2.69. The molecular formula is C20H23NO4. The van der Waals surface area contributed by atoms with Crippen molar-refractivity contribution in [2.45, 2.75) is 44.2 Å². The van der Waals surface area contributed by atoms with E-state index in [2.05, 4.69) is 19.2 Å². The average molecular weight is 341 g/mol. The second kappa shape index (κ2) is 6.67. The average Bonchev–Trinajstić information content (AvgIpc) is 2.53. The molecule has 0 unspecified atom stereocenters. The fourth-order valence-electron chi connectivity index (χ4n) is 3.14. The topological polar surface area (TPSA) is 78.8 Å². The molecule has 5 nitrogen and oxygen atoms in total. The van der Waals surface area contributed by atoms with E-state index in [0.29, 0.717) is 12.8 Å². The van der Waals surface area contributed by atoms with Gasteiger partial charge in [0, 0.05) is 24.3 Å². The number of phenolic OH excluding ortho intramolecular Hbond substituents is 1. The molecule has 1 aliphatic carbocycles. The minimum absolute atomic E-state index is 0.00444. The third kappa shape index (κ3) is 3.87. The molecule has 0 aromatic heterocycles. The number of aromatic hydroxyl groups is 1. The summed E-state index contributed by atoms with van der Waals surface area (Å²) < 4.78 is 5.89. The summed E-state index contributed by atoms with van der Waals surface area (Å²) in [5.74, 6) is 1.06. The fraction of sp³-hybridized carbons (Fsp3) is 0.350. The number of amides is 1. The van der Waals surface area contributed by atoms with Gasteiger partial charge in [0.05, 0.1) is 0 Å². The molecule has 1 fully saturated rings. The van der Waals surface area contributed by atoms with Gasteiger partial charge in [0.15, 0.2) is 0 Å². The van der Waals surface area contributed by atoms with Crippen molar-refractivity contribution in [1.82, 2.24) is 5.32 Å². The molecule has 25 heavy (non-hydrogen) atoms. The first-order valence-corrected chi connectivity index (χ1v) is 8.41. The lowest BCUT2D eigenvalue weighted by atomic mass is 9.78. The normalized spacial score (nSPS) is 19.8. The Morgan fingerprint density at radius 3 is 2.08 bits per heavy atom. The van der Waals surface area contributed by atoms with Gasteiger partial charge in [-0.2, -0.15) is 0 Å². The second-order valence-corrected chi connectivity index (χ2v) is 7.05. The zero-order chi connectivity index (χ0) is 18.0. The number of carboxylic acid groups (broad SMARTS) is 1. The lowest BCUT2D eigenvalue weighted by Crippen LogP contribution is -2.48. The van der Waals surface area contributed by atoms with Gasteiger partial charge in [-0.25, -0.2) is 4.79 Å². The molecule has 1 aliphatic rings. The van der Waals surface area contributed by atoms with E-state index in [1.165, 1.54) is 0 Å². The van der Waals surface area contributed by atoms with Gasteiger partial charge in [-0.15, -0.1) is 0 Å². The molecule has 3 N–H and O–H groups in total. The predicted molar refractivity (Wildman–Crippen MR) is 95.3 cm³/mol. The molecule has 0 spiro atoms. The van der Waals surface area contributed by atoms with E-state index >= 15 is 0 Å². The van der Waals surface area contributed by atoms with Crippen LogP contribution in [0.1, 0.15) is 37.8 Å². The maximum absolute atomic E-state index is 10.6. The SMILES string of the molecule is CC(C)(c1ccc(O)cc1)c1ccc(O[C@H]2C[C@H](NC(=O)O)C2)cc1. The monoisotopic (exact) mass is 341 g/mol. The zero-order valence-electron chi connectivity index (χ0n) is 14.4. The van der Waals surface area contributed by atoms with Gasteiger partial charge in [-0.05, 0) is 35.4 Å². The number of carbonyl (C=O) groups is 1. The summed E-state index contributed by atoms with van der Waals surface area (Å²) >= 11 is 0. The van der Waals surface area contributed by atoms with Crippen LogP contribution in [0.5, 0.6) is 11.5 Å². The highest BCUT2D eigenvalue weighted by Gasteiger charge is 2.32. The molecule has 5 heteroatoms. The van der Waals surface area contributed by atoms with Crippen LogP contribution in [-0.4, -0.2) is 28.5 Å². The Morgan fingerprint density at radius 1 is 1.04 bits per heavy atom. The second-order valence-electron chi connectivity index (χ2n) is 7.05. The number of benzene rings is 2. The van der Waals surface area contributed by atoms with Gasteiger partial charge in [0.25, 0.3) is 0 Å². The lowest BCUT2D eigenvalue weighted by molar-refractivity contribution is 0.0833. The number of phenols is 1. The highest BCUT2D eigenvalue weighted by Crippen LogP contribution is 2.34. The van der Waals surface area contributed by atoms with E-state index in [0.717, 1.165) is 16.9 Å². The number of hydrogen-bond acceptors (Lipinski definition) is 3. The summed E-state index contributed by atoms with van der Waals surface area (Å²) in [5.41, 5.74) is 2.10. The molecule has 132 valence electrons. The van der Waals surface area contributed by atoms with Crippen molar-refractivity contribution < 1.29 is 19.7 Å². The number of nitrogens with one attached hydrogen (secondary N) is 1. The first-order valence-electron chi connectivity index (χ1n) is 8.41. The van der Waals surface area contributed by atoms with Crippen LogP contribution in [-0.2, 0) is 5.41 Å². The fourth-order valence-corrected chi connectivity index (χ4v) is 3.14. The summed E-state index contributed by atoms with van der Waals surface area (Å²) in [5, 5.41) is 20.6. The predicted octanol–water partition coefficient (Wildman–Crippen LogP) is 3.90. The highest BCUT2D eigenvalue weighted by molar-refractivity contribution is 5.65. The molecule has 0 heterocycles. The summed E-state index contributed by atoms with van der Waals surface area (Å²) in [7, 11) is 0. The molecule has 2 aromatic rings. The molecule has 0 saturated heterocycles. The van der Waals surface area contributed by atoms with Gasteiger partial charge in [0.1, 0.15) is 17.6 Å². The quantitative estimate of drug-likeness (QED) is 0.771. The lowest BCUT2D eigenvalue weighted by Gasteiger charge is -2.35. The van der Waals surface area contributed by atoms with Crippen LogP contribution in [0.3, 0.4) is 0 Å². The summed E-state index contributed by atoms with van der Waals surface area (Å²) in [6.45, 7) is 4.28. The molecule has 1 amide bonds. The Kier molecular flexibility index (Phi) is 4.57. The molecule has 0 aliphatic heterocycles. The highest BCUT2D eigenvalue weighted by atomic mass is 16.5. The van der Waals surface area contributed by atoms with Gasteiger partial charge >= 0.3 is 6.09 Å². The van der Waals surface area contributed by atoms with Gasteiger partial charge in [-0.3, -0.25) is 0 Å². The van der Waals surface area contributed by atoms with Crippen molar-refractivity contribution in [3.05, 3.63) is 59.7 Å². The van der Waals surface area contributed by atoms with Crippen molar-refractivity contribution in [2.75, 3.05) is 0 Å². The Labute approximate surface area is 147 Å². The molecule has 0 atom stereocenters. The van der Waals surface area contributed by atoms with E-state index in [9.17, 15) is 9.90 Å². The van der Waals surface area contributed by atoms with Crippen LogP contribution in [0.4, 0.5) is 4.79 Å². The molecule has 2 aromatic carbocycles. The smallest absolute Gasteiger partial charge is 0.404 e. The van der Waals surface area contributed by atoms with E-state index < -0.39 is 6.09 Å². The van der Waals surface area contributed by atoms with E-state index in [4.69, 9.17) is 9.84 Å². The van der Waals surface area contributed by atoms with Gasteiger partial charge in [-0.1, -0.05) is 38.1 Å². The van der Waals surface area contributed by atoms with Crippen molar-refractivity contribution >= 4 is 6.09 Å². The van der Waals surface area contributed by atoms with Gasteiger partial charge in [0.2, 0.25) is 0 Å². The number of rotatable bonds is 5. The molecule has 3 rings (SSSR count). The largest absolute Gasteiger partial charge is 0.508 e. The number of ether oxygens (including phenoxy) is 1. The van der Waals surface area contributed by atoms with E-state index in [1.54, 1.807) is 12.1 Å². The summed E-state index contributed by atoms with van der Waals surface area (Å²) in [4.78, 5) is 10.6. The maximum atomic E-state index is 10.6. The standard InChI is InChI=1S/C20H23NO4/c1-20(2,13-3-7-16(22)8-4-13)14-5-9-17(10-6-14)25-18-11-15(12-18)21-19(23)24/h3-10,15,18,21-22H,11-12H2,1-2H3,(H,23,24)/t15-,18-. The third-order valence-corrected chi connectivity index (χ3v) is 4.89. The summed E-state index contributed by atoms with van der Waals surface area (Å²) in [6.07, 6.45) is 0.484. The Bertz CT molecular complexity index is 731. The van der Waals surface area contributed by atoms with Crippen LogP contribution in [0.2, 0.25) is 0 Å². The minimum atomic E-state index is -0.982. The first-order chi connectivity index (χ1) is 11.8. The molecule has 0 radical (unpaired) electrons. The van der Waals surface area contributed by atoms with Crippen molar-refractivity contribution in [1.29, 1.82) is 0 Å². The van der Waals surface area contributed by atoms with Crippen LogP contribution >= 0.6 is 0 Å². The molecule has 0 bridgehead atoms. The van der Waals surface area contributed by atoms with Crippen LogP contribution in [0, 0.1) is 0 Å². The van der Waals surface area contributed by atoms with Crippen molar-refractivity contribution in [2.24, 2.45) is 0 Å². The summed E-state index contributed by atoms with van der Waals surface area (Å²) in [6, 6.07) is 15.3. The molecular weight excluding hydrogens is 318 g/mol. The van der Waals surface area contributed by atoms with Crippen molar-refractivity contribution in [3.8, 4) is 11.5 Å². The third-order valence-electron chi connectivity index (χ3n) is 4.89. The Morgan fingerprint density at radius 2 is 1.56 bits per heavy atom. The zero-order valence-corrected chi connectivity index (χ0v) is 14.4. The molecule has 1 saturated carbocycles. The first kappa shape index (κ1) is 17.1. The minimum Gasteiger partial charge on any atom is -0.508 e. The van der Waals surface area contributed by atoms with Crippen LogP contribution < -0.4 is 10.1 Å². The van der Waals surface area contributed by atoms with Crippen LogP contribution in [0.25, 0.3) is 0 Å². The van der Waals surface area contributed by atoms with Crippen molar-refractivity contribution in [3.63, 3.8) is 0 Å². The maximum Gasteiger partial charge on any atom is 0.404 e. The Balaban J connectivity index is 1.62. The van der Waals surface area contributed by atoms with Crippen LogP contribution in [0.15, 0.2) is 48.5 Å².